The number of amides is 1. The van der Waals surface area contributed by atoms with Gasteiger partial charge in [-0.1, -0.05) is 12.1 Å². The molecule has 4 rings (SSSR count). The van der Waals surface area contributed by atoms with Gasteiger partial charge in [0.1, 0.15) is 30.5 Å². The van der Waals surface area contributed by atoms with Gasteiger partial charge in [0, 0.05) is 6.04 Å². The molecular formula is C20H20F2N2O3. The minimum absolute atomic E-state index is 0.0528. The van der Waals surface area contributed by atoms with Crippen molar-refractivity contribution in [1.82, 2.24) is 4.90 Å². The van der Waals surface area contributed by atoms with E-state index in [0.717, 1.165) is 42.8 Å². The summed E-state index contributed by atoms with van der Waals surface area (Å²) < 4.78 is 38.7. The third kappa shape index (κ3) is 3.73. The Morgan fingerprint density at radius 2 is 1.85 bits per heavy atom. The van der Waals surface area contributed by atoms with E-state index in [4.69, 9.17) is 9.47 Å². The van der Waals surface area contributed by atoms with E-state index in [1.54, 1.807) is 0 Å². The van der Waals surface area contributed by atoms with Crippen LogP contribution < -0.4 is 14.8 Å². The van der Waals surface area contributed by atoms with Crippen LogP contribution in [0.5, 0.6) is 11.5 Å². The molecule has 0 spiro atoms. The maximum atomic E-state index is 13.7. The van der Waals surface area contributed by atoms with Crippen LogP contribution >= 0.6 is 0 Å². The topological polar surface area (TPSA) is 50.8 Å². The lowest BCUT2D eigenvalue weighted by Gasteiger charge is -2.26. The van der Waals surface area contributed by atoms with Gasteiger partial charge in [0.25, 0.3) is 0 Å². The first kappa shape index (κ1) is 17.7. The molecule has 0 radical (unpaired) electrons. The molecular weight excluding hydrogens is 354 g/mol. The van der Waals surface area contributed by atoms with Gasteiger partial charge >= 0.3 is 0 Å². The van der Waals surface area contributed by atoms with Crippen molar-refractivity contribution in [2.75, 3.05) is 31.6 Å². The average Bonchev–Trinajstić information content (AvgIpc) is 3.12. The van der Waals surface area contributed by atoms with Crippen molar-refractivity contribution >= 4 is 11.6 Å². The summed E-state index contributed by atoms with van der Waals surface area (Å²) in [6.45, 7) is 1.86. The number of hydrogen-bond donors (Lipinski definition) is 1. The Kier molecular flexibility index (Phi) is 4.94. The number of hydrogen-bond acceptors (Lipinski definition) is 4. The molecule has 142 valence electrons. The van der Waals surface area contributed by atoms with Gasteiger partial charge in [-0.2, -0.15) is 0 Å². The summed E-state index contributed by atoms with van der Waals surface area (Å²) in [4.78, 5) is 14.4. The van der Waals surface area contributed by atoms with Crippen LogP contribution in [0.15, 0.2) is 36.4 Å². The van der Waals surface area contributed by atoms with Gasteiger partial charge in [0.15, 0.2) is 11.5 Å². The van der Waals surface area contributed by atoms with Crippen LogP contribution in [0, 0.1) is 11.6 Å². The minimum atomic E-state index is -0.784. The number of fused-ring (bicyclic) bond motifs is 1. The molecule has 0 bridgehead atoms. The van der Waals surface area contributed by atoms with Gasteiger partial charge in [-0.25, -0.2) is 8.78 Å². The quantitative estimate of drug-likeness (QED) is 0.890. The normalized spacial score (nSPS) is 19.1. The van der Waals surface area contributed by atoms with E-state index in [-0.39, 0.29) is 12.6 Å². The molecule has 1 fully saturated rings. The third-order valence-corrected chi connectivity index (χ3v) is 4.89. The largest absolute Gasteiger partial charge is 0.486 e. The fraction of sp³-hybridized carbons (Fsp3) is 0.350. The Balaban J connectivity index is 1.46. The van der Waals surface area contributed by atoms with Gasteiger partial charge in [0.05, 0.1) is 6.54 Å². The molecule has 27 heavy (non-hydrogen) atoms. The minimum Gasteiger partial charge on any atom is -0.486 e. The Morgan fingerprint density at radius 1 is 1.11 bits per heavy atom. The van der Waals surface area contributed by atoms with E-state index in [1.165, 1.54) is 6.07 Å². The fourth-order valence-electron chi connectivity index (χ4n) is 3.64. The number of anilines is 1. The summed E-state index contributed by atoms with van der Waals surface area (Å²) in [5.74, 6) is -0.574. The number of carbonyl (C=O) groups excluding carboxylic acids is 1. The predicted octanol–water partition coefficient (Wildman–Crippen LogP) is 3.51. The highest BCUT2D eigenvalue weighted by Gasteiger charge is 2.29. The lowest BCUT2D eigenvalue weighted by atomic mass is 10.0. The zero-order valence-electron chi connectivity index (χ0n) is 14.7. The Hall–Kier alpha value is -2.67. The molecule has 5 nitrogen and oxygen atoms in total. The van der Waals surface area contributed by atoms with Crippen LogP contribution in [-0.4, -0.2) is 37.1 Å². The van der Waals surface area contributed by atoms with Crippen molar-refractivity contribution in [3.8, 4) is 11.5 Å². The molecule has 2 aromatic carbocycles. The van der Waals surface area contributed by atoms with E-state index in [2.05, 4.69) is 5.32 Å². The monoisotopic (exact) mass is 374 g/mol. The second kappa shape index (κ2) is 7.52. The van der Waals surface area contributed by atoms with Crippen molar-refractivity contribution < 1.29 is 23.0 Å². The lowest BCUT2D eigenvalue weighted by Crippen LogP contribution is -2.33. The lowest BCUT2D eigenvalue weighted by molar-refractivity contribution is -0.117. The molecule has 2 heterocycles. The average molecular weight is 374 g/mol. The summed E-state index contributed by atoms with van der Waals surface area (Å²) in [6.07, 6.45) is 1.85. The van der Waals surface area contributed by atoms with E-state index < -0.39 is 23.2 Å². The van der Waals surface area contributed by atoms with E-state index >= 15 is 0 Å². The first-order valence-corrected chi connectivity index (χ1v) is 8.99. The second-order valence-corrected chi connectivity index (χ2v) is 6.68. The molecule has 2 aliphatic heterocycles. The third-order valence-electron chi connectivity index (χ3n) is 4.89. The zero-order chi connectivity index (χ0) is 18.8. The number of rotatable bonds is 4. The van der Waals surface area contributed by atoms with Crippen LogP contribution in [0.3, 0.4) is 0 Å². The molecule has 1 amide bonds. The molecule has 1 saturated heterocycles. The number of carbonyl (C=O) groups is 1. The smallest absolute Gasteiger partial charge is 0.238 e. The molecule has 7 heteroatoms. The fourth-order valence-corrected chi connectivity index (χ4v) is 3.64. The Bertz CT molecular complexity index is 839. The number of halogens is 2. The number of ether oxygens (including phenoxy) is 2. The van der Waals surface area contributed by atoms with Crippen molar-refractivity contribution in [3.63, 3.8) is 0 Å². The molecule has 1 atom stereocenters. The van der Waals surface area contributed by atoms with Gasteiger partial charge in [0.2, 0.25) is 5.91 Å². The Labute approximate surface area is 155 Å². The highest BCUT2D eigenvalue weighted by molar-refractivity contribution is 5.92. The van der Waals surface area contributed by atoms with Crippen molar-refractivity contribution in [2.45, 2.75) is 18.9 Å². The van der Waals surface area contributed by atoms with Crippen LogP contribution in [0.2, 0.25) is 0 Å². The van der Waals surface area contributed by atoms with Crippen molar-refractivity contribution in [1.29, 1.82) is 0 Å². The maximum absolute atomic E-state index is 13.7. The number of nitrogens with zero attached hydrogens (tertiary/aromatic N) is 1. The molecule has 2 aliphatic rings. The molecule has 0 aromatic heterocycles. The van der Waals surface area contributed by atoms with Crippen LogP contribution in [-0.2, 0) is 4.79 Å². The van der Waals surface area contributed by atoms with E-state index in [9.17, 15) is 13.6 Å². The highest BCUT2D eigenvalue weighted by atomic mass is 19.1. The van der Waals surface area contributed by atoms with Crippen molar-refractivity contribution in [2.24, 2.45) is 0 Å². The van der Waals surface area contributed by atoms with E-state index in [1.807, 2.05) is 23.1 Å². The molecule has 2 aromatic rings. The van der Waals surface area contributed by atoms with Crippen molar-refractivity contribution in [3.05, 3.63) is 53.6 Å². The maximum Gasteiger partial charge on any atom is 0.238 e. The predicted molar refractivity (Wildman–Crippen MR) is 96.0 cm³/mol. The van der Waals surface area contributed by atoms with Gasteiger partial charge < -0.3 is 14.8 Å². The summed E-state index contributed by atoms with van der Waals surface area (Å²) in [5, 5.41) is 2.35. The van der Waals surface area contributed by atoms with Gasteiger partial charge in [-0.05, 0) is 49.2 Å². The highest BCUT2D eigenvalue weighted by Crippen LogP contribution is 2.38. The Morgan fingerprint density at radius 3 is 2.63 bits per heavy atom. The SMILES string of the molecule is O=C(CN1CCC[C@H]1c1ccc2c(c1)OCCO2)Nc1c(F)cccc1F. The first-order valence-electron chi connectivity index (χ1n) is 8.99. The number of likely N-dealkylation sites (tertiary alicyclic amines) is 1. The molecule has 0 aliphatic carbocycles. The molecule has 0 unspecified atom stereocenters. The molecule has 0 saturated carbocycles. The summed E-state index contributed by atoms with van der Waals surface area (Å²) in [5.41, 5.74) is 0.638. The van der Waals surface area contributed by atoms with Crippen LogP contribution in [0.25, 0.3) is 0 Å². The number of para-hydroxylation sites is 1. The van der Waals surface area contributed by atoms with Gasteiger partial charge in [-0.3, -0.25) is 9.69 Å². The summed E-state index contributed by atoms with van der Waals surface area (Å²) in [6, 6.07) is 9.36. The standard InChI is InChI=1S/C20H20F2N2O3/c21-14-3-1-4-15(22)20(14)23-19(25)12-24-8-2-5-16(24)13-6-7-17-18(11-13)27-10-9-26-17/h1,3-4,6-7,11,16H,2,5,8-10,12H2,(H,23,25)/t16-/m0/s1. The van der Waals surface area contributed by atoms with E-state index in [0.29, 0.717) is 19.0 Å². The summed E-state index contributed by atoms with van der Waals surface area (Å²) >= 11 is 0. The summed E-state index contributed by atoms with van der Waals surface area (Å²) in [7, 11) is 0. The second-order valence-electron chi connectivity index (χ2n) is 6.68. The first-order chi connectivity index (χ1) is 13.1. The van der Waals surface area contributed by atoms with Crippen LogP contribution in [0.4, 0.5) is 14.5 Å². The number of benzene rings is 2. The zero-order valence-corrected chi connectivity index (χ0v) is 14.7. The van der Waals surface area contributed by atoms with Gasteiger partial charge in [-0.15, -0.1) is 0 Å². The van der Waals surface area contributed by atoms with Crippen LogP contribution in [0.1, 0.15) is 24.4 Å². The molecule has 1 N–H and O–H groups in total. The number of nitrogens with one attached hydrogen (secondary N) is 1.